The van der Waals surface area contributed by atoms with E-state index in [9.17, 15) is 13.6 Å². The van der Waals surface area contributed by atoms with Crippen molar-refractivity contribution in [3.63, 3.8) is 0 Å². The van der Waals surface area contributed by atoms with Gasteiger partial charge in [0.15, 0.2) is 0 Å². The molecule has 1 aromatic carbocycles. The maximum atomic E-state index is 13.8. The summed E-state index contributed by atoms with van der Waals surface area (Å²) in [6, 6.07) is 2.92. The molecule has 1 saturated heterocycles. The van der Waals surface area contributed by atoms with Crippen molar-refractivity contribution in [1.29, 1.82) is 0 Å². The summed E-state index contributed by atoms with van der Waals surface area (Å²) in [5.74, 6) is -1.49. The van der Waals surface area contributed by atoms with Gasteiger partial charge < -0.3 is 14.8 Å². The van der Waals surface area contributed by atoms with E-state index in [0.29, 0.717) is 25.2 Å². The summed E-state index contributed by atoms with van der Waals surface area (Å²) in [6.07, 6.45) is 2.90. The largest absolute Gasteiger partial charge is 0.378 e. The van der Waals surface area contributed by atoms with Gasteiger partial charge in [-0.05, 0) is 25.3 Å². The van der Waals surface area contributed by atoms with Crippen LogP contribution in [-0.2, 0) is 14.3 Å². The summed E-state index contributed by atoms with van der Waals surface area (Å²) in [4.78, 5) is 11.9. The first kappa shape index (κ1) is 17.8. The molecule has 2 atom stereocenters. The topological polar surface area (TPSA) is 47.6 Å². The highest BCUT2D eigenvalue weighted by molar-refractivity contribution is 5.76. The van der Waals surface area contributed by atoms with Crippen molar-refractivity contribution in [2.75, 3.05) is 19.8 Å². The molecule has 1 heterocycles. The first-order valence-corrected chi connectivity index (χ1v) is 8.03. The van der Waals surface area contributed by atoms with Crippen molar-refractivity contribution in [2.24, 2.45) is 0 Å². The molecule has 1 aromatic rings. The Morgan fingerprint density at radius 2 is 2.30 bits per heavy atom. The van der Waals surface area contributed by atoms with Gasteiger partial charge in [0.1, 0.15) is 11.6 Å². The molecule has 1 N–H and O–H groups in total. The molecule has 1 amide bonds. The Morgan fingerprint density at radius 3 is 2.96 bits per heavy atom. The van der Waals surface area contributed by atoms with Crippen LogP contribution in [0.5, 0.6) is 0 Å². The summed E-state index contributed by atoms with van der Waals surface area (Å²) in [5, 5.41) is 2.76. The molecular formula is C17H23F2NO3. The lowest BCUT2D eigenvalue weighted by Crippen LogP contribution is -2.29. The molecule has 1 aliphatic rings. The number of benzene rings is 1. The summed E-state index contributed by atoms with van der Waals surface area (Å²) >= 11 is 0. The highest BCUT2D eigenvalue weighted by Crippen LogP contribution is 2.21. The monoisotopic (exact) mass is 327 g/mol. The van der Waals surface area contributed by atoms with Crippen molar-refractivity contribution in [3.8, 4) is 0 Å². The van der Waals surface area contributed by atoms with E-state index in [1.807, 2.05) is 6.92 Å². The van der Waals surface area contributed by atoms with Gasteiger partial charge in [0, 0.05) is 24.7 Å². The third-order valence-electron chi connectivity index (χ3n) is 3.88. The number of amides is 1. The number of carbonyl (C=O) groups is 1. The van der Waals surface area contributed by atoms with Gasteiger partial charge in [0.25, 0.3) is 0 Å². The predicted molar refractivity (Wildman–Crippen MR) is 81.9 cm³/mol. The molecule has 4 nitrogen and oxygen atoms in total. The summed E-state index contributed by atoms with van der Waals surface area (Å²) < 4.78 is 37.6. The zero-order valence-corrected chi connectivity index (χ0v) is 13.3. The fourth-order valence-electron chi connectivity index (χ4n) is 2.61. The minimum Gasteiger partial charge on any atom is -0.378 e. The van der Waals surface area contributed by atoms with Crippen molar-refractivity contribution in [2.45, 2.75) is 44.8 Å². The third-order valence-corrected chi connectivity index (χ3v) is 3.88. The second-order valence-corrected chi connectivity index (χ2v) is 5.65. The number of rotatable bonds is 8. The van der Waals surface area contributed by atoms with Crippen molar-refractivity contribution in [3.05, 3.63) is 35.4 Å². The standard InChI is InChI=1S/C17H23F2NO3/c1-2-16(14-6-5-12(18)10-15(14)19)20-17(21)7-9-22-11-13-4-3-8-23-13/h5-6,10,13,16H,2-4,7-9,11H2,1H3,(H,20,21). The van der Waals surface area contributed by atoms with E-state index < -0.39 is 17.7 Å². The van der Waals surface area contributed by atoms with Gasteiger partial charge in [-0.2, -0.15) is 0 Å². The Kier molecular flexibility index (Phi) is 6.92. The van der Waals surface area contributed by atoms with Gasteiger partial charge in [-0.3, -0.25) is 4.79 Å². The molecule has 1 aliphatic heterocycles. The lowest BCUT2D eigenvalue weighted by Gasteiger charge is -2.18. The van der Waals surface area contributed by atoms with Crippen LogP contribution in [0.2, 0.25) is 0 Å². The first-order chi connectivity index (χ1) is 11.1. The van der Waals surface area contributed by atoms with Gasteiger partial charge in [0.05, 0.1) is 25.4 Å². The molecule has 0 saturated carbocycles. The van der Waals surface area contributed by atoms with E-state index in [-0.39, 0.29) is 18.4 Å². The summed E-state index contributed by atoms with van der Waals surface area (Å²) in [7, 11) is 0. The Bertz CT molecular complexity index is 519. The molecule has 2 rings (SSSR count). The Hall–Kier alpha value is -1.53. The molecule has 0 aliphatic carbocycles. The van der Waals surface area contributed by atoms with Crippen LogP contribution < -0.4 is 5.32 Å². The molecular weight excluding hydrogens is 304 g/mol. The fourth-order valence-corrected chi connectivity index (χ4v) is 2.61. The zero-order valence-electron chi connectivity index (χ0n) is 13.3. The Labute approximate surface area is 135 Å². The predicted octanol–water partition coefficient (Wildman–Crippen LogP) is 3.12. The lowest BCUT2D eigenvalue weighted by molar-refractivity contribution is -0.123. The minimum atomic E-state index is -0.646. The van der Waals surface area contributed by atoms with Crippen LogP contribution in [0.1, 0.15) is 44.2 Å². The molecule has 2 unspecified atom stereocenters. The SMILES string of the molecule is CCC(NC(=O)CCOCC1CCCO1)c1ccc(F)cc1F. The van der Waals surface area contributed by atoms with Crippen LogP contribution >= 0.6 is 0 Å². The number of nitrogens with one attached hydrogen (secondary N) is 1. The van der Waals surface area contributed by atoms with Crippen LogP contribution in [0.3, 0.4) is 0 Å². The second-order valence-electron chi connectivity index (χ2n) is 5.65. The fraction of sp³-hybridized carbons (Fsp3) is 0.588. The number of halogens is 2. The number of hydrogen-bond acceptors (Lipinski definition) is 3. The molecule has 23 heavy (non-hydrogen) atoms. The van der Waals surface area contributed by atoms with E-state index in [2.05, 4.69) is 5.32 Å². The van der Waals surface area contributed by atoms with Gasteiger partial charge in [-0.15, -0.1) is 0 Å². The average Bonchev–Trinajstić information content (AvgIpc) is 3.03. The zero-order chi connectivity index (χ0) is 16.7. The molecule has 0 radical (unpaired) electrons. The Balaban J connectivity index is 1.75. The maximum absolute atomic E-state index is 13.8. The van der Waals surface area contributed by atoms with Gasteiger partial charge in [-0.25, -0.2) is 8.78 Å². The highest BCUT2D eigenvalue weighted by atomic mass is 19.1. The van der Waals surface area contributed by atoms with E-state index in [1.165, 1.54) is 12.1 Å². The summed E-state index contributed by atoms with van der Waals surface area (Å²) in [6.45, 7) is 3.41. The molecule has 0 aromatic heterocycles. The van der Waals surface area contributed by atoms with Crippen molar-refractivity contribution < 1.29 is 23.0 Å². The van der Waals surface area contributed by atoms with Crippen molar-refractivity contribution >= 4 is 5.91 Å². The van der Waals surface area contributed by atoms with Gasteiger partial charge >= 0.3 is 0 Å². The molecule has 0 spiro atoms. The quantitative estimate of drug-likeness (QED) is 0.746. The van der Waals surface area contributed by atoms with Gasteiger partial charge in [0.2, 0.25) is 5.91 Å². The van der Waals surface area contributed by atoms with E-state index >= 15 is 0 Å². The second kappa shape index (κ2) is 8.93. The van der Waals surface area contributed by atoms with E-state index in [0.717, 1.165) is 25.5 Å². The minimum absolute atomic E-state index is 0.134. The van der Waals surface area contributed by atoms with E-state index in [1.54, 1.807) is 0 Å². The Morgan fingerprint density at radius 1 is 1.48 bits per heavy atom. The van der Waals surface area contributed by atoms with Crippen LogP contribution in [0.4, 0.5) is 8.78 Å². The highest BCUT2D eigenvalue weighted by Gasteiger charge is 2.18. The molecule has 0 bridgehead atoms. The normalized spacial score (nSPS) is 18.8. The van der Waals surface area contributed by atoms with E-state index in [4.69, 9.17) is 9.47 Å². The number of ether oxygens (including phenoxy) is 2. The lowest BCUT2D eigenvalue weighted by atomic mass is 10.0. The first-order valence-electron chi connectivity index (χ1n) is 8.03. The van der Waals surface area contributed by atoms with Crippen LogP contribution in [-0.4, -0.2) is 31.8 Å². The molecule has 128 valence electrons. The number of hydrogen-bond donors (Lipinski definition) is 1. The molecule has 6 heteroatoms. The average molecular weight is 327 g/mol. The van der Waals surface area contributed by atoms with Gasteiger partial charge in [-0.1, -0.05) is 13.0 Å². The third kappa shape index (κ3) is 5.55. The van der Waals surface area contributed by atoms with Crippen LogP contribution in [0, 0.1) is 11.6 Å². The molecule has 1 fully saturated rings. The maximum Gasteiger partial charge on any atom is 0.222 e. The van der Waals surface area contributed by atoms with Crippen LogP contribution in [0.15, 0.2) is 18.2 Å². The van der Waals surface area contributed by atoms with Crippen LogP contribution in [0.25, 0.3) is 0 Å². The number of carbonyl (C=O) groups excluding carboxylic acids is 1. The van der Waals surface area contributed by atoms with Crippen molar-refractivity contribution in [1.82, 2.24) is 5.32 Å². The summed E-state index contributed by atoms with van der Waals surface area (Å²) in [5.41, 5.74) is 0.294. The smallest absolute Gasteiger partial charge is 0.222 e.